The number of nitrogens with zero attached hydrogens (tertiary/aromatic N) is 2. The van der Waals surface area contributed by atoms with Crippen LogP contribution in [-0.2, 0) is 29.9 Å². The van der Waals surface area contributed by atoms with Gasteiger partial charge < -0.3 is 0 Å². The molecule has 2 aromatic heterocycles. The number of thiophene rings is 1. The summed E-state index contributed by atoms with van der Waals surface area (Å²) in [4.78, 5) is 27.4. The van der Waals surface area contributed by atoms with Crippen molar-refractivity contribution in [3.8, 4) is 11.8 Å². The number of hydrogen-bond acceptors (Lipinski definition) is 5. The molecule has 2 aromatic carbocycles. The predicted molar refractivity (Wildman–Crippen MR) is 132 cm³/mol. The fourth-order valence-electron chi connectivity index (χ4n) is 3.35. The zero-order chi connectivity index (χ0) is 23.8. The lowest BCUT2D eigenvalue weighted by atomic mass is 10.1. The molecule has 0 aliphatic heterocycles. The second-order valence-electron chi connectivity index (χ2n) is 7.58. The number of rotatable bonds is 4. The average molecular weight is 499 g/mol. The largest absolute Gasteiger partial charge is 0.332 e. The highest BCUT2D eigenvalue weighted by molar-refractivity contribution is 7.90. The molecule has 33 heavy (non-hydrogen) atoms. The molecule has 0 aliphatic carbocycles. The minimum Gasteiger partial charge on any atom is -0.287 e. The normalized spacial score (nSPS) is 11.4. The number of aromatic nitrogens is 2. The monoisotopic (exact) mass is 498 g/mol. The Morgan fingerprint density at radius 3 is 2.27 bits per heavy atom. The Bertz CT molecular complexity index is 1630. The zero-order valence-corrected chi connectivity index (χ0v) is 20.2. The van der Waals surface area contributed by atoms with Gasteiger partial charge in [0, 0.05) is 24.7 Å². The van der Waals surface area contributed by atoms with Crippen LogP contribution in [0.2, 0.25) is 5.02 Å². The highest BCUT2D eigenvalue weighted by atomic mass is 35.5. The van der Waals surface area contributed by atoms with Gasteiger partial charge in [0.25, 0.3) is 5.56 Å². The summed E-state index contributed by atoms with van der Waals surface area (Å²) in [6, 6.07) is 15.3. The van der Waals surface area contributed by atoms with E-state index in [1.807, 2.05) is 24.3 Å². The summed E-state index contributed by atoms with van der Waals surface area (Å²) < 4.78 is 25.9. The smallest absolute Gasteiger partial charge is 0.287 e. The van der Waals surface area contributed by atoms with E-state index in [2.05, 4.69) is 11.8 Å². The average Bonchev–Trinajstić information content (AvgIpc) is 3.21. The Balaban J connectivity index is 1.66. The summed E-state index contributed by atoms with van der Waals surface area (Å²) in [6.07, 6.45) is 1.67. The first-order valence-corrected chi connectivity index (χ1v) is 13.0. The minimum absolute atomic E-state index is 0.0406. The van der Waals surface area contributed by atoms with Crippen molar-refractivity contribution in [1.29, 1.82) is 0 Å². The Labute approximate surface area is 199 Å². The molecule has 4 aromatic rings. The number of fused-ring (bicyclic) bond motifs is 1. The zero-order valence-electron chi connectivity index (χ0n) is 17.8. The third-order valence-corrected chi connectivity index (χ3v) is 7.63. The summed E-state index contributed by atoms with van der Waals surface area (Å²) in [5, 5.41) is 1.09. The molecule has 0 unspecified atom stereocenters. The van der Waals surface area contributed by atoms with Gasteiger partial charge in [-0.2, -0.15) is 0 Å². The quantitative estimate of drug-likeness (QED) is 0.404. The maximum absolute atomic E-state index is 13.1. The second kappa shape index (κ2) is 9.02. The Hall–Kier alpha value is -3.12. The van der Waals surface area contributed by atoms with Crippen molar-refractivity contribution in [2.24, 2.45) is 7.05 Å². The number of sulfone groups is 1. The molecule has 0 spiro atoms. The van der Waals surface area contributed by atoms with Crippen molar-refractivity contribution < 1.29 is 8.42 Å². The van der Waals surface area contributed by atoms with Crippen molar-refractivity contribution in [3.63, 3.8) is 0 Å². The van der Waals surface area contributed by atoms with Gasteiger partial charge in [-0.3, -0.25) is 13.9 Å². The lowest BCUT2D eigenvalue weighted by Gasteiger charge is -2.09. The van der Waals surface area contributed by atoms with E-state index in [9.17, 15) is 18.0 Å². The molecule has 9 heteroatoms. The van der Waals surface area contributed by atoms with Gasteiger partial charge in [-0.15, -0.1) is 11.3 Å². The van der Waals surface area contributed by atoms with Crippen LogP contribution in [-0.4, -0.2) is 23.8 Å². The van der Waals surface area contributed by atoms with Crippen LogP contribution in [0.15, 0.2) is 69.1 Å². The Kier molecular flexibility index (Phi) is 6.30. The predicted octanol–water partition coefficient (Wildman–Crippen LogP) is 3.46. The summed E-state index contributed by atoms with van der Waals surface area (Å²) >= 11 is 7.20. The van der Waals surface area contributed by atoms with E-state index >= 15 is 0 Å². The lowest BCUT2D eigenvalue weighted by molar-refractivity contribution is 0.601. The van der Waals surface area contributed by atoms with E-state index in [-0.39, 0.29) is 11.4 Å². The van der Waals surface area contributed by atoms with E-state index in [0.717, 1.165) is 16.4 Å². The summed E-state index contributed by atoms with van der Waals surface area (Å²) in [5.41, 5.74) is 0.841. The second-order valence-corrected chi connectivity index (χ2v) is 11.1. The van der Waals surface area contributed by atoms with Crippen LogP contribution in [0.25, 0.3) is 10.2 Å². The lowest BCUT2D eigenvalue weighted by Crippen LogP contribution is -2.38. The van der Waals surface area contributed by atoms with E-state index < -0.39 is 21.1 Å². The van der Waals surface area contributed by atoms with Gasteiger partial charge in [0.1, 0.15) is 4.83 Å². The van der Waals surface area contributed by atoms with Crippen molar-refractivity contribution >= 4 is 43.0 Å². The highest BCUT2D eigenvalue weighted by Crippen LogP contribution is 2.21. The van der Waals surface area contributed by atoms with E-state index in [0.29, 0.717) is 32.1 Å². The van der Waals surface area contributed by atoms with Crippen LogP contribution in [0.4, 0.5) is 0 Å². The van der Waals surface area contributed by atoms with E-state index in [4.69, 9.17) is 11.6 Å². The highest BCUT2D eigenvalue weighted by Gasteiger charge is 2.15. The topological polar surface area (TPSA) is 78.1 Å². The number of halogens is 1. The van der Waals surface area contributed by atoms with E-state index in [1.165, 1.54) is 28.0 Å². The standard InChI is InChI=1S/C24H19ClN2O4S2/c1-26-23-21(14-19(32-23)5-3-4-16-6-10-18(25)11-7-16)22(28)27(24(26)29)15-17-8-12-20(13-9-17)33(2,30)31/h6-14H,4,15H2,1-2H3. The van der Waals surface area contributed by atoms with Crippen LogP contribution >= 0.6 is 22.9 Å². The van der Waals surface area contributed by atoms with Crippen LogP contribution in [0.5, 0.6) is 0 Å². The molecule has 0 fully saturated rings. The van der Waals surface area contributed by atoms with Gasteiger partial charge in [0.05, 0.1) is 21.7 Å². The molecule has 0 N–H and O–H groups in total. The molecule has 6 nitrogen and oxygen atoms in total. The van der Waals surface area contributed by atoms with Gasteiger partial charge in [-0.1, -0.05) is 47.7 Å². The first-order valence-electron chi connectivity index (χ1n) is 9.89. The number of hydrogen-bond donors (Lipinski definition) is 0. The van der Waals surface area contributed by atoms with Crippen molar-refractivity contribution in [1.82, 2.24) is 9.13 Å². The fourth-order valence-corrected chi connectivity index (χ4v) is 5.08. The van der Waals surface area contributed by atoms with Crippen LogP contribution in [0.1, 0.15) is 16.0 Å². The molecule has 0 saturated carbocycles. The first kappa shape index (κ1) is 23.1. The van der Waals surface area contributed by atoms with Gasteiger partial charge in [0.15, 0.2) is 9.84 Å². The molecule has 0 bridgehead atoms. The minimum atomic E-state index is -3.32. The van der Waals surface area contributed by atoms with Crippen LogP contribution in [0.3, 0.4) is 0 Å². The van der Waals surface area contributed by atoms with Crippen molar-refractivity contribution in [2.75, 3.05) is 6.26 Å². The molecule has 0 amide bonds. The third-order valence-electron chi connectivity index (χ3n) is 5.12. The van der Waals surface area contributed by atoms with Crippen molar-refractivity contribution in [3.05, 3.63) is 96.5 Å². The molecular formula is C24H19ClN2O4S2. The maximum atomic E-state index is 13.1. The number of aryl methyl sites for hydroxylation is 1. The number of benzene rings is 2. The van der Waals surface area contributed by atoms with Gasteiger partial charge >= 0.3 is 5.69 Å². The molecular weight excluding hydrogens is 480 g/mol. The molecule has 0 aliphatic rings. The molecule has 0 radical (unpaired) electrons. The summed E-state index contributed by atoms with van der Waals surface area (Å²) in [7, 11) is -1.70. The van der Waals surface area contributed by atoms with Gasteiger partial charge in [-0.05, 0) is 41.5 Å². The molecule has 0 atom stereocenters. The van der Waals surface area contributed by atoms with Crippen molar-refractivity contribution in [2.45, 2.75) is 17.9 Å². The third kappa shape index (κ3) is 4.96. The molecule has 2 heterocycles. The maximum Gasteiger partial charge on any atom is 0.332 e. The SMILES string of the molecule is Cn1c(=O)n(Cc2ccc(S(C)(=O)=O)cc2)c(=O)c2cc(C#CCc3ccc(Cl)cc3)sc21. The first-order chi connectivity index (χ1) is 15.6. The van der Waals surface area contributed by atoms with Crippen LogP contribution in [0, 0.1) is 11.8 Å². The Morgan fingerprint density at radius 1 is 1.00 bits per heavy atom. The summed E-state index contributed by atoms with van der Waals surface area (Å²) in [5.74, 6) is 6.17. The molecule has 168 valence electrons. The Morgan fingerprint density at radius 2 is 1.64 bits per heavy atom. The van der Waals surface area contributed by atoms with E-state index in [1.54, 1.807) is 25.2 Å². The fraction of sp³-hybridized carbons (Fsp3) is 0.167. The van der Waals surface area contributed by atoms with Gasteiger partial charge in [0.2, 0.25) is 0 Å². The van der Waals surface area contributed by atoms with Crippen LogP contribution < -0.4 is 11.2 Å². The molecule has 4 rings (SSSR count). The summed E-state index contributed by atoms with van der Waals surface area (Å²) in [6.45, 7) is 0.0406. The molecule has 0 saturated heterocycles. The van der Waals surface area contributed by atoms with Gasteiger partial charge in [-0.25, -0.2) is 13.2 Å².